The molecule has 1 aromatic carbocycles. The minimum atomic E-state index is 0.0758. The summed E-state index contributed by atoms with van der Waals surface area (Å²) in [6.07, 6.45) is 5.03. The lowest BCUT2D eigenvalue weighted by molar-refractivity contribution is -0.137. The monoisotopic (exact) mass is 407 g/mol. The predicted octanol–water partition coefficient (Wildman–Crippen LogP) is 4.27. The van der Waals surface area contributed by atoms with Crippen molar-refractivity contribution >= 4 is 11.8 Å². The molecule has 0 saturated carbocycles. The van der Waals surface area contributed by atoms with Crippen molar-refractivity contribution in [2.45, 2.75) is 52.9 Å². The minimum Gasteiger partial charge on any atom is -0.342 e. The van der Waals surface area contributed by atoms with Crippen molar-refractivity contribution in [3.8, 4) is 5.69 Å². The number of piperidine rings is 2. The highest BCUT2D eigenvalue weighted by molar-refractivity contribution is 5.96. The number of aryl methyl sites for hydroxylation is 2. The van der Waals surface area contributed by atoms with Crippen LogP contribution in [0.2, 0.25) is 0 Å². The highest BCUT2D eigenvalue weighted by Crippen LogP contribution is 2.26. The Morgan fingerprint density at radius 3 is 2.23 bits per heavy atom. The third-order valence-corrected chi connectivity index (χ3v) is 6.72. The maximum Gasteiger partial charge on any atom is 0.255 e. The number of hydrogen-bond acceptors (Lipinski definition) is 2. The van der Waals surface area contributed by atoms with Crippen molar-refractivity contribution in [2.75, 3.05) is 26.2 Å². The molecule has 5 heteroatoms. The first-order valence-corrected chi connectivity index (χ1v) is 11.3. The van der Waals surface area contributed by atoms with Gasteiger partial charge in [-0.15, -0.1) is 0 Å². The standard InChI is InChI=1S/C25H33N3O2/c1-18-8-7-9-22(16-18)28-19(2)17-23(20(28)3)25(30)27-14-10-21(11-15-27)24(29)26-12-5-4-6-13-26/h7-9,16-17,21H,4-6,10-15H2,1-3H3. The van der Waals surface area contributed by atoms with Crippen LogP contribution in [0.1, 0.15) is 59.4 Å². The molecule has 2 aliphatic rings. The van der Waals surface area contributed by atoms with Gasteiger partial charge in [0, 0.05) is 49.2 Å². The van der Waals surface area contributed by atoms with Crippen LogP contribution in [-0.2, 0) is 4.79 Å². The van der Waals surface area contributed by atoms with Crippen LogP contribution >= 0.6 is 0 Å². The average Bonchev–Trinajstić information content (AvgIpc) is 3.07. The van der Waals surface area contributed by atoms with Crippen LogP contribution in [0.4, 0.5) is 0 Å². The summed E-state index contributed by atoms with van der Waals surface area (Å²) in [6, 6.07) is 10.4. The van der Waals surface area contributed by atoms with Gasteiger partial charge >= 0.3 is 0 Å². The van der Waals surface area contributed by atoms with E-state index in [1.54, 1.807) is 0 Å². The smallest absolute Gasteiger partial charge is 0.255 e. The summed E-state index contributed by atoms with van der Waals surface area (Å²) < 4.78 is 2.16. The Kier molecular flexibility index (Phi) is 5.98. The normalized spacial score (nSPS) is 18.0. The van der Waals surface area contributed by atoms with Crippen molar-refractivity contribution in [1.82, 2.24) is 14.4 Å². The molecule has 0 N–H and O–H groups in total. The van der Waals surface area contributed by atoms with Crippen LogP contribution in [0.5, 0.6) is 0 Å². The maximum atomic E-state index is 13.3. The van der Waals surface area contributed by atoms with Gasteiger partial charge < -0.3 is 14.4 Å². The predicted molar refractivity (Wildman–Crippen MR) is 119 cm³/mol. The summed E-state index contributed by atoms with van der Waals surface area (Å²) in [4.78, 5) is 30.1. The Morgan fingerprint density at radius 1 is 0.867 bits per heavy atom. The topological polar surface area (TPSA) is 45.6 Å². The molecule has 0 atom stereocenters. The molecule has 0 radical (unpaired) electrons. The summed E-state index contributed by atoms with van der Waals surface area (Å²) in [5.74, 6) is 0.470. The van der Waals surface area contributed by atoms with Gasteiger partial charge in [0.05, 0.1) is 5.56 Å². The fraction of sp³-hybridized carbons (Fsp3) is 0.520. The molecule has 0 spiro atoms. The summed E-state index contributed by atoms with van der Waals surface area (Å²) in [6.45, 7) is 9.30. The first kappa shape index (κ1) is 20.7. The van der Waals surface area contributed by atoms with E-state index in [0.717, 1.165) is 61.4 Å². The molecular formula is C25H33N3O2. The number of carbonyl (C=O) groups is 2. The number of amides is 2. The first-order valence-electron chi connectivity index (χ1n) is 11.3. The van der Waals surface area contributed by atoms with Gasteiger partial charge in [-0.3, -0.25) is 9.59 Å². The SMILES string of the molecule is Cc1cccc(-n2c(C)cc(C(=O)N3CCC(C(=O)N4CCCCC4)CC3)c2C)c1. The molecule has 1 aromatic heterocycles. The number of benzene rings is 1. The zero-order chi connectivity index (χ0) is 21.3. The maximum absolute atomic E-state index is 13.3. The second-order valence-electron chi connectivity index (χ2n) is 8.91. The van der Waals surface area contributed by atoms with Crippen LogP contribution in [-0.4, -0.2) is 52.4 Å². The van der Waals surface area contributed by atoms with Gasteiger partial charge in [-0.05, 0) is 76.6 Å². The number of likely N-dealkylation sites (tertiary alicyclic amines) is 2. The summed E-state index contributed by atoms with van der Waals surface area (Å²) in [5.41, 5.74) is 5.12. The number of hydrogen-bond donors (Lipinski definition) is 0. The van der Waals surface area contributed by atoms with Crippen LogP contribution in [0.3, 0.4) is 0 Å². The van der Waals surface area contributed by atoms with Crippen molar-refractivity contribution in [1.29, 1.82) is 0 Å². The molecule has 3 heterocycles. The molecule has 0 bridgehead atoms. The lowest BCUT2D eigenvalue weighted by atomic mass is 9.94. The van der Waals surface area contributed by atoms with Crippen molar-refractivity contribution in [2.24, 2.45) is 5.92 Å². The van der Waals surface area contributed by atoms with E-state index in [4.69, 9.17) is 0 Å². The third-order valence-electron chi connectivity index (χ3n) is 6.72. The average molecular weight is 408 g/mol. The van der Waals surface area contributed by atoms with E-state index in [-0.39, 0.29) is 11.8 Å². The van der Waals surface area contributed by atoms with Crippen molar-refractivity contribution in [3.05, 3.63) is 52.8 Å². The molecule has 30 heavy (non-hydrogen) atoms. The Balaban J connectivity index is 1.45. The largest absolute Gasteiger partial charge is 0.342 e. The molecule has 2 amide bonds. The van der Waals surface area contributed by atoms with E-state index in [1.165, 1.54) is 12.0 Å². The van der Waals surface area contributed by atoms with Gasteiger partial charge in [0.2, 0.25) is 5.91 Å². The van der Waals surface area contributed by atoms with Crippen molar-refractivity contribution in [3.63, 3.8) is 0 Å². The van der Waals surface area contributed by atoms with E-state index in [1.807, 2.05) is 22.8 Å². The quantitative estimate of drug-likeness (QED) is 0.763. The molecule has 4 rings (SSSR count). The fourth-order valence-electron chi connectivity index (χ4n) is 5.02. The van der Waals surface area contributed by atoms with Gasteiger partial charge in [0.1, 0.15) is 0 Å². The van der Waals surface area contributed by atoms with Gasteiger partial charge in [-0.1, -0.05) is 12.1 Å². The van der Waals surface area contributed by atoms with E-state index in [9.17, 15) is 9.59 Å². The second-order valence-corrected chi connectivity index (χ2v) is 8.91. The molecule has 2 fully saturated rings. The summed E-state index contributed by atoms with van der Waals surface area (Å²) in [5, 5.41) is 0. The van der Waals surface area contributed by atoms with Crippen LogP contribution in [0.15, 0.2) is 30.3 Å². The van der Waals surface area contributed by atoms with Gasteiger partial charge in [-0.2, -0.15) is 0 Å². The molecular weight excluding hydrogens is 374 g/mol. The molecule has 2 aromatic rings. The number of carbonyl (C=O) groups excluding carboxylic acids is 2. The Hall–Kier alpha value is -2.56. The lowest BCUT2D eigenvalue weighted by Crippen LogP contribution is -2.45. The zero-order valence-corrected chi connectivity index (χ0v) is 18.5. The number of aromatic nitrogens is 1. The second kappa shape index (κ2) is 8.66. The van der Waals surface area contributed by atoms with Gasteiger partial charge in [-0.25, -0.2) is 0 Å². The third kappa shape index (κ3) is 4.03. The first-order chi connectivity index (χ1) is 14.5. The highest BCUT2D eigenvalue weighted by atomic mass is 16.2. The van der Waals surface area contributed by atoms with E-state index in [2.05, 4.69) is 42.7 Å². The summed E-state index contributed by atoms with van der Waals surface area (Å²) >= 11 is 0. The van der Waals surface area contributed by atoms with Crippen molar-refractivity contribution < 1.29 is 9.59 Å². The Morgan fingerprint density at radius 2 is 1.57 bits per heavy atom. The molecule has 0 aliphatic carbocycles. The Labute approximate surface area is 179 Å². The Bertz CT molecular complexity index is 932. The molecule has 2 saturated heterocycles. The van der Waals surface area contributed by atoms with Gasteiger partial charge in [0.25, 0.3) is 5.91 Å². The molecule has 0 unspecified atom stereocenters. The van der Waals surface area contributed by atoms with E-state index < -0.39 is 0 Å². The fourth-order valence-corrected chi connectivity index (χ4v) is 5.02. The highest BCUT2D eigenvalue weighted by Gasteiger charge is 2.32. The number of rotatable bonds is 3. The molecule has 5 nitrogen and oxygen atoms in total. The van der Waals surface area contributed by atoms with Crippen LogP contribution in [0, 0.1) is 26.7 Å². The zero-order valence-electron chi connectivity index (χ0n) is 18.5. The molecule has 160 valence electrons. The molecule has 2 aliphatic heterocycles. The summed E-state index contributed by atoms with van der Waals surface area (Å²) in [7, 11) is 0. The van der Waals surface area contributed by atoms with E-state index in [0.29, 0.717) is 19.0 Å². The van der Waals surface area contributed by atoms with E-state index >= 15 is 0 Å². The number of nitrogens with zero attached hydrogens (tertiary/aromatic N) is 3. The van der Waals surface area contributed by atoms with Crippen LogP contribution < -0.4 is 0 Å². The van der Waals surface area contributed by atoms with Crippen LogP contribution in [0.25, 0.3) is 5.69 Å². The lowest BCUT2D eigenvalue weighted by Gasteiger charge is -2.35. The van der Waals surface area contributed by atoms with Gasteiger partial charge in [0.15, 0.2) is 0 Å². The minimum absolute atomic E-state index is 0.0758.